The number of H-pyrrole nitrogens is 1. The zero-order valence-electron chi connectivity index (χ0n) is 13.6. The van der Waals surface area contributed by atoms with Gasteiger partial charge in [-0.25, -0.2) is 9.18 Å². The summed E-state index contributed by atoms with van der Waals surface area (Å²) in [4.78, 5) is 24.3. The van der Waals surface area contributed by atoms with E-state index in [0.29, 0.717) is 11.8 Å². The van der Waals surface area contributed by atoms with E-state index in [9.17, 15) is 27.2 Å². The van der Waals surface area contributed by atoms with Crippen LogP contribution in [0.4, 0.5) is 22.4 Å². The third kappa shape index (κ3) is 3.06. The van der Waals surface area contributed by atoms with Crippen LogP contribution in [-0.4, -0.2) is 32.4 Å². The molecular weight excluding hydrogens is 358 g/mol. The normalized spacial score (nSPS) is 15.7. The molecule has 0 bridgehead atoms. The van der Waals surface area contributed by atoms with Crippen molar-refractivity contribution in [3.63, 3.8) is 0 Å². The van der Waals surface area contributed by atoms with Crippen LogP contribution in [0.1, 0.15) is 35.3 Å². The molecule has 2 aromatic rings. The molecule has 1 aliphatic heterocycles. The number of hydrogen-bond donors (Lipinski definition) is 2. The first-order valence-electron chi connectivity index (χ1n) is 7.76. The number of nitrogens with zero attached hydrogens (tertiary/aromatic N) is 2. The molecule has 1 aliphatic rings. The van der Waals surface area contributed by atoms with E-state index in [0.717, 1.165) is 17.0 Å². The lowest BCUT2D eigenvalue weighted by atomic mass is 10.00. The monoisotopic (exact) mass is 373 g/mol. The molecule has 140 valence electrons. The maximum atomic E-state index is 13.3. The lowest BCUT2D eigenvalue weighted by Crippen LogP contribution is -2.36. The van der Waals surface area contributed by atoms with Crippen LogP contribution in [0.25, 0.3) is 0 Å². The highest BCUT2D eigenvalue weighted by molar-refractivity contribution is 5.65. The van der Waals surface area contributed by atoms with E-state index in [1.54, 1.807) is 0 Å². The summed E-state index contributed by atoms with van der Waals surface area (Å²) in [6.07, 6.45) is -5.74. The van der Waals surface area contributed by atoms with Crippen molar-refractivity contribution in [2.45, 2.75) is 32.1 Å². The molecule has 2 heterocycles. The van der Waals surface area contributed by atoms with E-state index in [-0.39, 0.29) is 30.6 Å². The third-order valence-electron chi connectivity index (χ3n) is 4.53. The van der Waals surface area contributed by atoms with Crippen LogP contribution in [-0.2, 0) is 19.1 Å². The number of amides is 1. The highest BCUT2D eigenvalue weighted by Gasteiger charge is 2.36. The summed E-state index contributed by atoms with van der Waals surface area (Å²) in [6, 6.07) is 1.48. The van der Waals surface area contributed by atoms with Crippen molar-refractivity contribution in [3.05, 3.63) is 56.8 Å². The Labute approximate surface area is 144 Å². The molecule has 0 spiro atoms. The van der Waals surface area contributed by atoms with E-state index < -0.39 is 35.3 Å². The minimum Gasteiger partial charge on any atom is -0.465 e. The molecule has 0 fully saturated rings. The Kier molecular flexibility index (Phi) is 4.29. The summed E-state index contributed by atoms with van der Waals surface area (Å²) >= 11 is 0. The SMILES string of the molecule is CC(c1ccc(F)cc1C(F)(F)F)n1[nH]c(=O)c2c1CCN(C(=O)O)C2. The lowest BCUT2D eigenvalue weighted by molar-refractivity contribution is -0.138. The number of carbonyl (C=O) groups is 1. The average Bonchev–Trinajstić information content (AvgIpc) is 2.90. The van der Waals surface area contributed by atoms with Gasteiger partial charge in [0.15, 0.2) is 0 Å². The van der Waals surface area contributed by atoms with Gasteiger partial charge >= 0.3 is 12.3 Å². The van der Waals surface area contributed by atoms with Gasteiger partial charge in [0.25, 0.3) is 5.56 Å². The molecule has 1 atom stereocenters. The lowest BCUT2D eigenvalue weighted by Gasteiger charge is -2.26. The van der Waals surface area contributed by atoms with E-state index in [1.165, 1.54) is 11.6 Å². The highest BCUT2D eigenvalue weighted by Crippen LogP contribution is 2.36. The van der Waals surface area contributed by atoms with Crippen molar-refractivity contribution in [2.75, 3.05) is 6.54 Å². The molecule has 1 amide bonds. The van der Waals surface area contributed by atoms with Crippen molar-refractivity contribution in [3.8, 4) is 0 Å². The van der Waals surface area contributed by atoms with Crippen molar-refractivity contribution in [1.82, 2.24) is 14.7 Å². The smallest absolute Gasteiger partial charge is 0.416 e. The van der Waals surface area contributed by atoms with Crippen molar-refractivity contribution in [2.24, 2.45) is 0 Å². The van der Waals surface area contributed by atoms with E-state index >= 15 is 0 Å². The van der Waals surface area contributed by atoms with Gasteiger partial charge in [0, 0.05) is 18.7 Å². The van der Waals surface area contributed by atoms with Gasteiger partial charge in [0.2, 0.25) is 0 Å². The molecular formula is C16H15F4N3O3. The molecule has 2 N–H and O–H groups in total. The molecule has 1 unspecified atom stereocenters. The first-order valence-corrected chi connectivity index (χ1v) is 7.76. The van der Waals surface area contributed by atoms with Crippen molar-refractivity contribution >= 4 is 6.09 Å². The number of halogens is 4. The second kappa shape index (κ2) is 6.19. The Bertz CT molecular complexity index is 916. The molecule has 0 saturated carbocycles. The zero-order valence-corrected chi connectivity index (χ0v) is 13.6. The third-order valence-corrected chi connectivity index (χ3v) is 4.53. The molecule has 0 aliphatic carbocycles. The molecule has 10 heteroatoms. The number of nitrogens with one attached hydrogen (secondary N) is 1. The van der Waals surface area contributed by atoms with E-state index in [1.807, 2.05) is 0 Å². The Morgan fingerprint density at radius 2 is 2.04 bits per heavy atom. The largest absolute Gasteiger partial charge is 0.465 e. The van der Waals surface area contributed by atoms with Gasteiger partial charge in [-0.2, -0.15) is 13.2 Å². The quantitative estimate of drug-likeness (QED) is 0.795. The number of fused-ring (bicyclic) bond motifs is 1. The van der Waals surface area contributed by atoms with Gasteiger partial charge in [-0.3, -0.25) is 14.6 Å². The molecule has 1 aromatic heterocycles. The van der Waals surface area contributed by atoms with Gasteiger partial charge in [-0.15, -0.1) is 0 Å². The summed E-state index contributed by atoms with van der Waals surface area (Å²) in [5.74, 6) is -1.01. The molecule has 26 heavy (non-hydrogen) atoms. The van der Waals surface area contributed by atoms with Crippen LogP contribution < -0.4 is 5.56 Å². The number of aromatic amines is 1. The molecule has 0 radical (unpaired) electrons. The van der Waals surface area contributed by atoms with E-state index in [4.69, 9.17) is 5.11 Å². The standard InChI is InChI=1S/C16H15F4N3O3/c1-8(10-3-2-9(17)6-12(10)16(18,19)20)23-13-4-5-22(15(25)26)7-11(13)14(24)21-23/h2-3,6,8H,4-5,7H2,1H3,(H,21,24)(H,25,26). The fraction of sp³-hybridized carbons (Fsp3) is 0.375. The first kappa shape index (κ1) is 18.0. The number of aromatic nitrogens is 2. The number of rotatable bonds is 2. The van der Waals surface area contributed by atoms with Crippen LogP contribution in [0.3, 0.4) is 0 Å². The minimum atomic E-state index is -4.75. The van der Waals surface area contributed by atoms with Crippen LogP contribution in [0, 0.1) is 5.82 Å². The fourth-order valence-corrected chi connectivity index (χ4v) is 3.24. The number of benzene rings is 1. The summed E-state index contributed by atoms with van der Waals surface area (Å²) in [5.41, 5.74) is -1.18. The van der Waals surface area contributed by atoms with Gasteiger partial charge in [0.1, 0.15) is 5.82 Å². The Hall–Kier alpha value is -2.78. The first-order chi connectivity index (χ1) is 12.1. The van der Waals surface area contributed by atoms with Crippen LogP contribution in [0.5, 0.6) is 0 Å². The van der Waals surface area contributed by atoms with Gasteiger partial charge < -0.3 is 10.0 Å². The van der Waals surface area contributed by atoms with E-state index in [2.05, 4.69) is 5.10 Å². The number of alkyl halides is 3. The predicted octanol–water partition coefficient (Wildman–Crippen LogP) is 2.98. The van der Waals surface area contributed by atoms with Gasteiger partial charge in [0.05, 0.1) is 23.7 Å². The maximum absolute atomic E-state index is 13.3. The van der Waals surface area contributed by atoms with Crippen LogP contribution in [0.2, 0.25) is 0 Å². The molecule has 0 saturated heterocycles. The molecule has 1 aromatic carbocycles. The molecule has 6 nitrogen and oxygen atoms in total. The Balaban J connectivity index is 2.06. The van der Waals surface area contributed by atoms with Crippen LogP contribution >= 0.6 is 0 Å². The Morgan fingerprint density at radius 3 is 2.65 bits per heavy atom. The topological polar surface area (TPSA) is 78.3 Å². The number of hydrogen-bond acceptors (Lipinski definition) is 2. The second-order valence-electron chi connectivity index (χ2n) is 6.10. The zero-order chi connectivity index (χ0) is 19.2. The summed E-state index contributed by atoms with van der Waals surface area (Å²) in [7, 11) is 0. The minimum absolute atomic E-state index is 0.127. The summed E-state index contributed by atoms with van der Waals surface area (Å²) in [6.45, 7) is 1.46. The van der Waals surface area contributed by atoms with Crippen molar-refractivity contribution < 1.29 is 27.5 Å². The predicted molar refractivity (Wildman–Crippen MR) is 82.4 cm³/mol. The van der Waals surface area contributed by atoms with Gasteiger partial charge in [-0.1, -0.05) is 6.07 Å². The van der Waals surface area contributed by atoms with Crippen LogP contribution in [0.15, 0.2) is 23.0 Å². The average molecular weight is 373 g/mol. The second-order valence-corrected chi connectivity index (χ2v) is 6.10. The van der Waals surface area contributed by atoms with Gasteiger partial charge in [-0.05, 0) is 24.6 Å². The Morgan fingerprint density at radius 1 is 1.35 bits per heavy atom. The highest BCUT2D eigenvalue weighted by atomic mass is 19.4. The fourth-order valence-electron chi connectivity index (χ4n) is 3.24. The maximum Gasteiger partial charge on any atom is 0.416 e. The van der Waals surface area contributed by atoms with Crippen molar-refractivity contribution in [1.29, 1.82) is 0 Å². The molecule has 3 rings (SSSR count). The summed E-state index contributed by atoms with van der Waals surface area (Å²) in [5, 5.41) is 11.5. The summed E-state index contributed by atoms with van der Waals surface area (Å²) < 4.78 is 54.4. The number of carboxylic acid groups (broad SMARTS) is 1.